The maximum absolute atomic E-state index is 12.7. The largest absolute Gasteiger partial charge is 0.450 e. The van der Waals surface area contributed by atoms with Gasteiger partial charge in [-0.1, -0.05) is 36.4 Å². The molecule has 0 aliphatic heterocycles. The van der Waals surface area contributed by atoms with Crippen molar-refractivity contribution in [1.29, 1.82) is 0 Å². The van der Waals surface area contributed by atoms with E-state index in [2.05, 4.69) is 10.0 Å². The molecule has 7 heteroatoms. The molecule has 0 aromatic heterocycles. The summed E-state index contributed by atoms with van der Waals surface area (Å²) in [5, 5.41) is 4.28. The highest BCUT2D eigenvalue weighted by Gasteiger charge is 2.15. The van der Waals surface area contributed by atoms with Crippen LogP contribution in [0.15, 0.2) is 71.6 Å². The van der Waals surface area contributed by atoms with Crippen molar-refractivity contribution in [2.45, 2.75) is 11.8 Å². The molecule has 0 atom stereocenters. The number of hydrogen-bond acceptors (Lipinski definition) is 4. The first-order valence-corrected chi connectivity index (χ1v) is 9.52. The van der Waals surface area contributed by atoms with Gasteiger partial charge in [-0.2, -0.15) is 0 Å². The minimum atomic E-state index is -3.75. The number of hydrogen-bond donors (Lipinski definition) is 2. The monoisotopic (exact) mass is 370 g/mol. The summed E-state index contributed by atoms with van der Waals surface area (Å²) >= 11 is 0. The highest BCUT2D eigenvalue weighted by molar-refractivity contribution is 7.92. The number of nitrogens with one attached hydrogen (secondary N) is 2. The zero-order chi connectivity index (χ0) is 18.6. The predicted octanol–water partition coefficient (Wildman–Crippen LogP) is 4.21. The Bertz CT molecular complexity index is 1030. The van der Waals surface area contributed by atoms with Crippen molar-refractivity contribution in [1.82, 2.24) is 0 Å². The predicted molar refractivity (Wildman–Crippen MR) is 102 cm³/mol. The maximum atomic E-state index is 12.7. The van der Waals surface area contributed by atoms with Crippen molar-refractivity contribution < 1.29 is 17.9 Å². The topological polar surface area (TPSA) is 84.5 Å². The molecule has 0 unspecified atom stereocenters. The molecular weight excluding hydrogens is 352 g/mol. The second-order valence-electron chi connectivity index (χ2n) is 5.50. The minimum Gasteiger partial charge on any atom is -0.450 e. The normalized spacial score (nSPS) is 11.1. The van der Waals surface area contributed by atoms with Gasteiger partial charge in [-0.05, 0) is 42.6 Å². The second kappa shape index (κ2) is 7.45. The molecule has 26 heavy (non-hydrogen) atoms. The van der Waals surface area contributed by atoms with Gasteiger partial charge in [0.05, 0.1) is 17.2 Å². The lowest BCUT2D eigenvalue weighted by Crippen LogP contribution is -2.15. The summed E-state index contributed by atoms with van der Waals surface area (Å²) < 4.78 is 32.7. The van der Waals surface area contributed by atoms with Gasteiger partial charge in [0.1, 0.15) is 0 Å². The Morgan fingerprint density at radius 2 is 1.65 bits per heavy atom. The third-order valence-electron chi connectivity index (χ3n) is 3.72. The number of anilines is 2. The lowest BCUT2D eigenvalue weighted by molar-refractivity contribution is 0.168. The number of benzene rings is 3. The van der Waals surface area contributed by atoms with Crippen molar-refractivity contribution in [3.63, 3.8) is 0 Å². The molecule has 0 saturated heterocycles. The van der Waals surface area contributed by atoms with Crippen molar-refractivity contribution in [2.75, 3.05) is 16.6 Å². The molecule has 0 radical (unpaired) electrons. The Balaban J connectivity index is 1.83. The van der Waals surface area contributed by atoms with Crippen molar-refractivity contribution in [3.05, 3.63) is 66.7 Å². The van der Waals surface area contributed by atoms with Crippen molar-refractivity contribution in [3.8, 4) is 0 Å². The molecule has 3 aromatic carbocycles. The molecule has 0 aliphatic rings. The summed E-state index contributed by atoms with van der Waals surface area (Å²) in [5.74, 6) is 0. The van der Waals surface area contributed by atoms with Crippen molar-refractivity contribution in [2.24, 2.45) is 0 Å². The molecule has 3 rings (SSSR count). The molecule has 0 saturated carbocycles. The number of carbonyl (C=O) groups is 1. The average Bonchev–Trinajstić information content (AvgIpc) is 2.62. The summed E-state index contributed by atoms with van der Waals surface area (Å²) in [6.07, 6.45) is -0.586. The first-order valence-electron chi connectivity index (χ1n) is 8.04. The number of ether oxygens (including phenoxy) is 1. The summed E-state index contributed by atoms with van der Waals surface area (Å²) in [6, 6.07) is 18.8. The minimum absolute atomic E-state index is 0.0971. The third kappa shape index (κ3) is 3.94. The van der Waals surface area contributed by atoms with E-state index in [1.54, 1.807) is 19.1 Å². The summed E-state index contributed by atoms with van der Waals surface area (Å²) in [4.78, 5) is 11.5. The SMILES string of the molecule is CCOC(=O)Nc1ccc(S(=O)(=O)Nc2cccc3ccccc23)cc1. The Kier molecular flexibility index (Phi) is 5.09. The Hall–Kier alpha value is -3.06. The first kappa shape index (κ1) is 17.8. The molecule has 2 N–H and O–H groups in total. The van der Waals surface area contributed by atoms with Crippen LogP contribution in [0.2, 0.25) is 0 Å². The Morgan fingerprint density at radius 3 is 2.38 bits per heavy atom. The van der Waals surface area contributed by atoms with Crippen LogP contribution in [-0.4, -0.2) is 21.1 Å². The fourth-order valence-corrected chi connectivity index (χ4v) is 3.60. The molecular formula is C19H18N2O4S. The van der Waals surface area contributed by atoms with E-state index in [-0.39, 0.29) is 11.5 Å². The molecule has 134 valence electrons. The fraction of sp³-hybridized carbons (Fsp3) is 0.105. The summed E-state index contributed by atoms with van der Waals surface area (Å²) in [7, 11) is -3.75. The van der Waals surface area contributed by atoms with E-state index in [1.807, 2.05) is 30.3 Å². The quantitative estimate of drug-likeness (QED) is 0.705. The van der Waals surface area contributed by atoms with E-state index in [4.69, 9.17) is 4.74 Å². The second-order valence-corrected chi connectivity index (χ2v) is 7.18. The highest BCUT2D eigenvalue weighted by atomic mass is 32.2. The molecule has 0 fully saturated rings. The average molecular weight is 370 g/mol. The Morgan fingerprint density at radius 1 is 0.962 bits per heavy atom. The molecule has 0 spiro atoms. The standard InChI is InChI=1S/C19H18N2O4S/c1-2-25-19(22)20-15-10-12-16(13-11-15)26(23,24)21-18-9-5-7-14-6-3-4-8-17(14)18/h3-13,21H,2H2,1H3,(H,20,22). The maximum Gasteiger partial charge on any atom is 0.411 e. The number of rotatable bonds is 5. The van der Waals surface area contributed by atoms with Crippen LogP contribution in [-0.2, 0) is 14.8 Å². The van der Waals surface area contributed by atoms with Gasteiger partial charge in [-0.15, -0.1) is 0 Å². The van der Waals surface area contributed by atoms with Gasteiger partial charge < -0.3 is 4.74 Å². The van der Waals surface area contributed by atoms with Gasteiger partial charge in [-0.3, -0.25) is 10.0 Å². The zero-order valence-corrected chi connectivity index (χ0v) is 14.9. The molecule has 0 aliphatic carbocycles. The highest BCUT2D eigenvalue weighted by Crippen LogP contribution is 2.26. The van der Waals surface area contributed by atoms with Crippen molar-refractivity contribution >= 4 is 38.3 Å². The van der Waals surface area contributed by atoms with Crippen LogP contribution >= 0.6 is 0 Å². The lowest BCUT2D eigenvalue weighted by atomic mass is 10.1. The van der Waals surface area contributed by atoms with Gasteiger partial charge >= 0.3 is 6.09 Å². The van der Waals surface area contributed by atoms with E-state index >= 15 is 0 Å². The number of amides is 1. The molecule has 3 aromatic rings. The molecule has 0 bridgehead atoms. The van der Waals surface area contributed by atoms with Crippen LogP contribution in [0.3, 0.4) is 0 Å². The Labute approximate surface area is 151 Å². The van der Waals surface area contributed by atoms with E-state index in [9.17, 15) is 13.2 Å². The number of fused-ring (bicyclic) bond motifs is 1. The van der Waals surface area contributed by atoms with E-state index in [0.29, 0.717) is 11.4 Å². The summed E-state index contributed by atoms with van der Waals surface area (Å²) in [6.45, 7) is 1.96. The van der Waals surface area contributed by atoms with Crippen LogP contribution in [0.5, 0.6) is 0 Å². The van der Waals surface area contributed by atoms with Crippen LogP contribution < -0.4 is 10.0 Å². The van der Waals surface area contributed by atoms with E-state index < -0.39 is 16.1 Å². The van der Waals surface area contributed by atoms with Crippen LogP contribution in [0.1, 0.15) is 6.92 Å². The first-order chi connectivity index (χ1) is 12.5. The van der Waals surface area contributed by atoms with Gasteiger partial charge in [0.2, 0.25) is 0 Å². The van der Waals surface area contributed by atoms with Crippen LogP contribution in [0.25, 0.3) is 10.8 Å². The van der Waals surface area contributed by atoms with Gasteiger partial charge in [0.25, 0.3) is 10.0 Å². The fourth-order valence-electron chi connectivity index (χ4n) is 2.52. The van der Waals surface area contributed by atoms with E-state index in [1.165, 1.54) is 24.3 Å². The number of sulfonamides is 1. The van der Waals surface area contributed by atoms with Gasteiger partial charge in [0.15, 0.2) is 0 Å². The van der Waals surface area contributed by atoms with E-state index in [0.717, 1.165) is 10.8 Å². The van der Waals surface area contributed by atoms with Crippen LogP contribution in [0.4, 0.5) is 16.2 Å². The molecule has 6 nitrogen and oxygen atoms in total. The molecule has 1 amide bonds. The number of carbonyl (C=O) groups excluding carboxylic acids is 1. The smallest absolute Gasteiger partial charge is 0.411 e. The zero-order valence-electron chi connectivity index (χ0n) is 14.1. The lowest BCUT2D eigenvalue weighted by Gasteiger charge is -2.11. The van der Waals surface area contributed by atoms with Gasteiger partial charge in [0, 0.05) is 11.1 Å². The summed E-state index contributed by atoms with van der Waals surface area (Å²) in [5.41, 5.74) is 0.962. The molecule has 0 heterocycles. The van der Waals surface area contributed by atoms with Crippen LogP contribution in [0, 0.1) is 0 Å². The third-order valence-corrected chi connectivity index (χ3v) is 5.10. The van der Waals surface area contributed by atoms with Gasteiger partial charge in [-0.25, -0.2) is 13.2 Å².